The zero-order chi connectivity index (χ0) is 8.53. The minimum Gasteiger partial charge on any atom is -0.393 e. The van der Waals surface area contributed by atoms with Crippen molar-refractivity contribution in [1.29, 1.82) is 0 Å². The third-order valence-corrected chi connectivity index (χ3v) is 1.79. The molecule has 0 aromatic heterocycles. The lowest BCUT2D eigenvalue weighted by Crippen LogP contribution is -1.98. The van der Waals surface area contributed by atoms with Crippen molar-refractivity contribution in [2.45, 2.75) is 51.0 Å². The van der Waals surface area contributed by atoms with Crippen molar-refractivity contribution in [2.75, 3.05) is 0 Å². The van der Waals surface area contributed by atoms with Gasteiger partial charge in [-0.1, -0.05) is 45.4 Å². The molecule has 0 aliphatic rings. The molecule has 0 saturated carbocycles. The highest BCUT2D eigenvalue weighted by Gasteiger charge is 1.94. The Labute approximate surface area is 70.8 Å². The zero-order valence-electron chi connectivity index (χ0n) is 7.39. The summed E-state index contributed by atoms with van der Waals surface area (Å²) >= 11 is 0. The molecule has 0 aliphatic carbocycles. The first kappa shape index (κ1) is 11.0. The maximum atomic E-state index is 8.83. The summed E-state index contributed by atoms with van der Waals surface area (Å²) < 4.78 is 0. The van der Waals surface area contributed by atoms with Gasteiger partial charge in [-0.15, -0.1) is 0 Å². The van der Waals surface area contributed by atoms with Crippen LogP contribution in [0.5, 0.6) is 0 Å². The van der Waals surface area contributed by atoms with Crippen LogP contribution in [0.3, 0.4) is 0 Å². The molecule has 11 heavy (non-hydrogen) atoms. The van der Waals surface area contributed by atoms with Crippen molar-refractivity contribution >= 4 is 0 Å². The fourth-order valence-electron chi connectivity index (χ4n) is 1.09. The number of hydrogen-bond donors (Lipinski definition) is 1. The van der Waals surface area contributed by atoms with Gasteiger partial charge >= 0.3 is 0 Å². The van der Waals surface area contributed by atoms with Crippen molar-refractivity contribution in [1.82, 2.24) is 0 Å². The standard InChI is InChI=1S/C10H20O/c1-3-4-5-6-7-8-9-10(2)11/h10-11H,1-9H2. The van der Waals surface area contributed by atoms with E-state index in [4.69, 9.17) is 5.11 Å². The summed E-state index contributed by atoms with van der Waals surface area (Å²) in [5, 5.41) is 8.83. The van der Waals surface area contributed by atoms with Crippen LogP contribution in [0.15, 0.2) is 0 Å². The van der Waals surface area contributed by atoms with Crippen molar-refractivity contribution in [3.05, 3.63) is 13.8 Å². The largest absolute Gasteiger partial charge is 0.393 e. The van der Waals surface area contributed by atoms with Crippen LogP contribution in [-0.4, -0.2) is 11.2 Å². The van der Waals surface area contributed by atoms with E-state index in [9.17, 15) is 0 Å². The summed E-state index contributed by atoms with van der Waals surface area (Å²) in [6, 6.07) is 0. The van der Waals surface area contributed by atoms with Crippen molar-refractivity contribution in [3.63, 3.8) is 0 Å². The van der Waals surface area contributed by atoms with Gasteiger partial charge in [-0.3, -0.25) is 0 Å². The SMILES string of the molecule is [CH2]CCCCCCCC([CH2])O. The Bertz CT molecular complexity index is 69.3. The zero-order valence-corrected chi connectivity index (χ0v) is 7.39. The molecule has 0 aromatic rings. The number of aliphatic hydroxyl groups is 1. The lowest BCUT2D eigenvalue weighted by molar-refractivity contribution is 0.205. The van der Waals surface area contributed by atoms with E-state index in [-0.39, 0.29) is 6.10 Å². The fourth-order valence-corrected chi connectivity index (χ4v) is 1.09. The van der Waals surface area contributed by atoms with Gasteiger partial charge in [0.1, 0.15) is 0 Å². The number of unbranched alkanes of at least 4 members (excludes halogenated alkanes) is 5. The first-order valence-corrected chi connectivity index (χ1v) is 4.57. The molecular weight excluding hydrogens is 136 g/mol. The summed E-state index contributed by atoms with van der Waals surface area (Å²) in [4.78, 5) is 0. The van der Waals surface area contributed by atoms with Gasteiger partial charge in [0.05, 0.1) is 6.10 Å². The molecule has 66 valence electrons. The predicted octanol–water partition coefficient (Wildman–Crippen LogP) is 2.75. The van der Waals surface area contributed by atoms with Crippen LogP contribution in [0.2, 0.25) is 0 Å². The average molecular weight is 156 g/mol. The molecule has 0 aliphatic heterocycles. The molecule has 1 heteroatoms. The van der Waals surface area contributed by atoms with E-state index in [2.05, 4.69) is 13.8 Å². The molecule has 0 rings (SSSR count). The third-order valence-electron chi connectivity index (χ3n) is 1.79. The molecular formula is C10H20O. The monoisotopic (exact) mass is 156 g/mol. The van der Waals surface area contributed by atoms with E-state index < -0.39 is 0 Å². The lowest BCUT2D eigenvalue weighted by atomic mass is 10.1. The highest BCUT2D eigenvalue weighted by molar-refractivity contribution is 4.56. The van der Waals surface area contributed by atoms with Gasteiger partial charge in [0.2, 0.25) is 0 Å². The molecule has 0 heterocycles. The Hall–Kier alpha value is -0.0400. The van der Waals surface area contributed by atoms with Gasteiger partial charge in [0.15, 0.2) is 0 Å². The second kappa shape index (κ2) is 8.06. The van der Waals surface area contributed by atoms with Crippen molar-refractivity contribution < 1.29 is 5.11 Å². The van der Waals surface area contributed by atoms with E-state index in [1.807, 2.05) is 0 Å². The first-order valence-electron chi connectivity index (χ1n) is 4.57. The molecule has 0 fully saturated rings. The first-order chi connectivity index (χ1) is 5.27. The van der Waals surface area contributed by atoms with E-state index >= 15 is 0 Å². The van der Waals surface area contributed by atoms with Crippen LogP contribution in [-0.2, 0) is 0 Å². The van der Waals surface area contributed by atoms with Crippen molar-refractivity contribution in [2.24, 2.45) is 0 Å². The van der Waals surface area contributed by atoms with E-state index in [0.29, 0.717) is 0 Å². The minimum absolute atomic E-state index is 0.358. The maximum Gasteiger partial charge on any atom is 0.0541 e. The molecule has 0 bridgehead atoms. The van der Waals surface area contributed by atoms with Gasteiger partial charge in [-0.25, -0.2) is 0 Å². The quantitative estimate of drug-likeness (QED) is 0.562. The molecule has 0 aromatic carbocycles. The maximum absolute atomic E-state index is 8.83. The number of aliphatic hydroxyl groups excluding tert-OH is 1. The molecule has 1 nitrogen and oxygen atoms in total. The van der Waals surface area contributed by atoms with Gasteiger partial charge in [0.25, 0.3) is 0 Å². The summed E-state index contributed by atoms with van der Waals surface area (Å²) in [6.07, 6.45) is 7.70. The summed E-state index contributed by atoms with van der Waals surface area (Å²) in [6.45, 7) is 7.30. The Morgan fingerprint density at radius 2 is 1.55 bits per heavy atom. The highest BCUT2D eigenvalue weighted by Crippen LogP contribution is 2.07. The Morgan fingerprint density at radius 3 is 2.09 bits per heavy atom. The second-order valence-corrected chi connectivity index (χ2v) is 3.06. The van der Waals surface area contributed by atoms with Gasteiger partial charge in [-0.2, -0.15) is 0 Å². The smallest absolute Gasteiger partial charge is 0.0541 e. The fraction of sp³-hybridized carbons (Fsp3) is 0.800. The summed E-state index contributed by atoms with van der Waals surface area (Å²) in [7, 11) is 0. The Balaban J connectivity index is 2.80. The third kappa shape index (κ3) is 9.96. The average Bonchev–Trinajstić information content (AvgIpc) is 1.96. The van der Waals surface area contributed by atoms with Crippen molar-refractivity contribution in [3.8, 4) is 0 Å². The predicted molar refractivity (Wildman–Crippen MR) is 49.0 cm³/mol. The van der Waals surface area contributed by atoms with Crippen LogP contribution in [0.1, 0.15) is 44.9 Å². The summed E-state index contributed by atoms with van der Waals surface area (Å²) in [5.41, 5.74) is 0. The second-order valence-electron chi connectivity index (χ2n) is 3.06. The molecule has 1 N–H and O–H groups in total. The topological polar surface area (TPSA) is 20.2 Å². The molecule has 0 spiro atoms. The van der Waals surface area contributed by atoms with Crippen LogP contribution >= 0.6 is 0 Å². The molecule has 0 saturated heterocycles. The van der Waals surface area contributed by atoms with Crippen LogP contribution in [0.25, 0.3) is 0 Å². The Kier molecular flexibility index (Phi) is 8.03. The Morgan fingerprint density at radius 1 is 1.00 bits per heavy atom. The van der Waals surface area contributed by atoms with Gasteiger partial charge in [0, 0.05) is 0 Å². The van der Waals surface area contributed by atoms with Crippen LogP contribution in [0, 0.1) is 13.8 Å². The number of hydrogen-bond acceptors (Lipinski definition) is 1. The number of rotatable bonds is 7. The normalized spacial score (nSPS) is 13.4. The van der Waals surface area contributed by atoms with Crippen LogP contribution in [0.4, 0.5) is 0 Å². The molecule has 0 amide bonds. The lowest BCUT2D eigenvalue weighted by Gasteiger charge is -2.02. The van der Waals surface area contributed by atoms with E-state index in [0.717, 1.165) is 19.3 Å². The summed E-state index contributed by atoms with van der Waals surface area (Å²) in [5.74, 6) is 0. The van der Waals surface area contributed by atoms with E-state index in [1.54, 1.807) is 0 Å². The molecule has 1 atom stereocenters. The van der Waals surface area contributed by atoms with Gasteiger partial charge < -0.3 is 5.11 Å². The highest BCUT2D eigenvalue weighted by atomic mass is 16.3. The molecule has 2 radical (unpaired) electrons. The van der Waals surface area contributed by atoms with Gasteiger partial charge in [-0.05, 0) is 13.3 Å². The van der Waals surface area contributed by atoms with Crippen LogP contribution < -0.4 is 0 Å². The minimum atomic E-state index is -0.358. The van der Waals surface area contributed by atoms with E-state index in [1.165, 1.54) is 25.7 Å². The molecule has 1 unspecified atom stereocenters.